The average Bonchev–Trinajstić information content (AvgIpc) is 3.27. The van der Waals surface area contributed by atoms with Crippen LogP contribution in [0.1, 0.15) is 49.1 Å². The Morgan fingerprint density at radius 2 is 1.89 bits per heavy atom. The fourth-order valence-electron chi connectivity index (χ4n) is 5.59. The number of halogens is 1. The molecule has 2 aliphatic rings. The molecule has 1 aliphatic carbocycles. The summed E-state index contributed by atoms with van der Waals surface area (Å²) in [6.07, 6.45) is 7.32. The Kier molecular flexibility index (Phi) is 7.01. The Bertz CT molecular complexity index is 1580. The van der Waals surface area contributed by atoms with Crippen LogP contribution in [0.25, 0.3) is 16.9 Å². The van der Waals surface area contributed by atoms with Crippen LogP contribution in [-0.4, -0.2) is 47.0 Å². The Labute approximate surface area is 232 Å². The number of fused-ring (bicyclic) bond motifs is 1. The van der Waals surface area contributed by atoms with Gasteiger partial charge in [-0.25, -0.2) is 13.4 Å². The summed E-state index contributed by atoms with van der Waals surface area (Å²) in [6, 6.07) is 17.8. The molecule has 2 fully saturated rings. The van der Waals surface area contributed by atoms with Crippen molar-refractivity contribution in [3.05, 3.63) is 76.4 Å². The van der Waals surface area contributed by atoms with Gasteiger partial charge in [0.15, 0.2) is 5.65 Å². The van der Waals surface area contributed by atoms with E-state index in [1.165, 1.54) is 30.4 Å². The van der Waals surface area contributed by atoms with Crippen LogP contribution >= 0.6 is 15.9 Å². The second kappa shape index (κ2) is 10.4. The number of aromatic nitrogens is 3. The van der Waals surface area contributed by atoms with Gasteiger partial charge in [0.2, 0.25) is 10.0 Å². The van der Waals surface area contributed by atoms with Gasteiger partial charge in [-0.05, 0) is 83.6 Å². The number of anilines is 1. The average molecular weight is 595 g/mol. The zero-order valence-corrected chi connectivity index (χ0v) is 23.9. The summed E-state index contributed by atoms with van der Waals surface area (Å²) in [5.41, 5.74) is 5.17. The molecule has 1 atom stereocenters. The van der Waals surface area contributed by atoms with E-state index in [2.05, 4.69) is 56.7 Å². The molecule has 1 N–H and O–H groups in total. The summed E-state index contributed by atoms with van der Waals surface area (Å²) in [4.78, 5) is 5.35. The predicted molar refractivity (Wildman–Crippen MR) is 154 cm³/mol. The molecule has 0 amide bonds. The van der Waals surface area contributed by atoms with Gasteiger partial charge < -0.3 is 5.32 Å². The third kappa shape index (κ3) is 4.87. The molecule has 198 valence electrons. The molecule has 0 radical (unpaired) electrons. The standard InChI is InChI=1S/C29H32BrN5O2S/c1-20-7-4-11-23(15-20)38(36,37)34-14-6-8-21(19-34)17-31-28-16-27(33-29-26(30)18-32-35(28)29)25-13-3-2-12-24(25)22-9-5-10-22/h2-4,7,11-13,15-16,18,21-22,31H,5-6,8-10,14,17,19H2,1H3. The van der Waals surface area contributed by atoms with Gasteiger partial charge in [0.05, 0.1) is 21.3 Å². The maximum Gasteiger partial charge on any atom is 0.243 e. The number of benzene rings is 2. The minimum atomic E-state index is -3.51. The van der Waals surface area contributed by atoms with Crippen LogP contribution in [0.3, 0.4) is 0 Å². The summed E-state index contributed by atoms with van der Waals surface area (Å²) in [5, 5.41) is 8.14. The van der Waals surface area contributed by atoms with Crippen molar-refractivity contribution in [1.29, 1.82) is 0 Å². The van der Waals surface area contributed by atoms with E-state index in [4.69, 9.17) is 4.98 Å². The molecule has 9 heteroatoms. The van der Waals surface area contributed by atoms with Gasteiger partial charge in [0, 0.05) is 31.3 Å². The molecule has 3 heterocycles. The molecule has 0 bridgehead atoms. The highest BCUT2D eigenvalue weighted by molar-refractivity contribution is 9.10. The predicted octanol–water partition coefficient (Wildman–Crippen LogP) is 6.25. The molecule has 38 heavy (non-hydrogen) atoms. The van der Waals surface area contributed by atoms with Crippen molar-refractivity contribution in [3.8, 4) is 11.3 Å². The molecule has 7 nitrogen and oxygen atoms in total. The highest BCUT2D eigenvalue weighted by Gasteiger charge is 2.30. The number of piperidine rings is 1. The van der Waals surface area contributed by atoms with E-state index in [1.54, 1.807) is 22.6 Å². The number of rotatable bonds is 7. The maximum atomic E-state index is 13.3. The topological polar surface area (TPSA) is 79.6 Å². The first-order valence-electron chi connectivity index (χ1n) is 13.3. The van der Waals surface area contributed by atoms with Crippen molar-refractivity contribution in [2.45, 2.75) is 49.8 Å². The zero-order valence-electron chi connectivity index (χ0n) is 21.5. The molecule has 2 aromatic carbocycles. The normalized spacial score (nSPS) is 18.9. The fourth-order valence-corrected chi connectivity index (χ4v) is 7.60. The van der Waals surface area contributed by atoms with Gasteiger partial charge in [-0.15, -0.1) is 0 Å². The molecule has 4 aromatic rings. The fraction of sp³-hybridized carbons (Fsp3) is 0.379. The van der Waals surface area contributed by atoms with Gasteiger partial charge >= 0.3 is 0 Å². The minimum absolute atomic E-state index is 0.191. The van der Waals surface area contributed by atoms with Crippen molar-refractivity contribution >= 4 is 37.4 Å². The van der Waals surface area contributed by atoms with Crippen LogP contribution < -0.4 is 5.32 Å². The monoisotopic (exact) mass is 593 g/mol. The number of aryl methyl sites for hydroxylation is 1. The number of hydrogen-bond donors (Lipinski definition) is 1. The van der Waals surface area contributed by atoms with Gasteiger partial charge in [-0.1, -0.05) is 42.8 Å². The summed E-state index contributed by atoms with van der Waals surface area (Å²) in [5.74, 6) is 1.65. The minimum Gasteiger partial charge on any atom is -0.370 e. The van der Waals surface area contributed by atoms with Crippen molar-refractivity contribution in [2.24, 2.45) is 5.92 Å². The van der Waals surface area contributed by atoms with Crippen LogP contribution in [0.15, 0.2) is 70.2 Å². The Morgan fingerprint density at radius 3 is 2.68 bits per heavy atom. The van der Waals surface area contributed by atoms with Crippen LogP contribution in [0.5, 0.6) is 0 Å². The van der Waals surface area contributed by atoms with Gasteiger partial charge in [0.1, 0.15) is 5.82 Å². The van der Waals surface area contributed by atoms with E-state index in [9.17, 15) is 8.42 Å². The van der Waals surface area contributed by atoms with Gasteiger partial charge in [-0.2, -0.15) is 13.9 Å². The SMILES string of the molecule is Cc1cccc(S(=O)(=O)N2CCCC(CNc3cc(-c4ccccc4C4CCC4)nc4c(Br)cnn34)C2)c1. The molecule has 1 saturated heterocycles. The number of nitrogens with zero attached hydrogens (tertiary/aromatic N) is 4. The van der Waals surface area contributed by atoms with E-state index in [0.29, 0.717) is 30.4 Å². The quantitative estimate of drug-likeness (QED) is 0.274. The molecule has 1 aliphatic heterocycles. The van der Waals surface area contributed by atoms with Crippen molar-refractivity contribution in [1.82, 2.24) is 18.9 Å². The molecule has 0 spiro atoms. The third-order valence-electron chi connectivity index (χ3n) is 7.89. The second-order valence-corrected chi connectivity index (χ2v) is 13.3. The largest absolute Gasteiger partial charge is 0.370 e. The molecular weight excluding hydrogens is 562 g/mol. The maximum absolute atomic E-state index is 13.3. The lowest BCUT2D eigenvalue weighted by molar-refractivity contribution is 0.275. The van der Waals surface area contributed by atoms with Crippen LogP contribution in [-0.2, 0) is 10.0 Å². The van der Waals surface area contributed by atoms with Crippen LogP contribution in [0.4, 0.5) is 5.82 Å². The molecule has 6 rings (SSSR count). The Hall–Kier alpha value is -2.75. The number of sulfonamides is 1. The first-order valence-corrected chi connectivity index (χ1v) is 15.6. The van der Waals surface area contributed by atoms with Crippen LogP contribution in [0.2, 0.25) is 0 Å². The lowest BCUT2D eigenvalue weighted by atomic mass is 9.78. The molecule has 1 unspecified atom stereocenters. The zero-order chi connectivity index (χ0) is 26.3. The molecule has 1 saturated carbocycles. The van der Waals surface area contributed by atoms with E-state index in [-0.39, 0.29) is 5.92 Å². The molecular formula is C29H32BrN5O2S. The van der Waals surface area contributed by atoms with Crippen LogP contribution in [0, 0.1) is 12.8 Å². The van der Waals surface area contributed by atoms with E-state index >= 15 is 0 Å². The lowest BCUT2D eigenvalue weighted by Gasteiger charge is -2.32. The third-order valence-corrected chi connectivity index (χ3v) is 10.3. The summed E-state index contributed by atoms with van der Waals surface area (Å²) in [6.45, 7) is 3.63. The highest BCUT2D eigenvalue weighted by Crippen LogP contribution is 2.41. The van der Waals surface area contributed by atoms with Crippen molar-refractivity contribution in [3.63, 3.8) is 0 Å². The Balaban J connectivity index is 1.25. The summed E-state index contributed by atoms with van der Waals surface area (Å²) in [7, 11) is -3.51. The number of nitrogens with one attached hydrogen (secondary N) is 1. The van der Waals surface area contributed by atoms with Gasteiger partial charge in [0.25, 0.3) is 0 Å². The Morgan fingerprint density at radius 1 is 1.05 bits per heavy atom. The summed E-state index contributed by atoms with van der Waals surface area (Å²) >= 11 is 3.62. The highest BCUT2D eigenvalue weighted by atomic mass is 79.9. The van der Waals surface area contributed by atoms with Gasteiger partial charge in [-0.3, -0.25) is 0 Å². The smallest absolute Gasteiger partial charge is 0.243 e. The number of hydrogen-bond acceptors (Lipinski definition) is 5. The van der Waals surface area contributed by atoms with Crippen molar-refractivity contribution in [2.75, 3.05) is 25.0 Å². The van der Waals surface area contributed by atoms with E-state index in [1.807, 2.05) is 23.6 Å². The first kappa shape index (κ1) is 25.5. The first-order chi connectivity index (χ1) is 18.4. The lowest BCUT2D eigenvalue weighted by Crippen LogP contribution is -2.41. The van der Waals surface area contributed by atoms with Crippen molar-refractivity contribution < 1.29 is 8.42 Å². The molecule has 2 aromatic heterocycles. The second-order valence-electron chi connectivity index (χ2n) is 10.5. The van der Waals surface area contributed by atoms with E-state index < -0.39 is 10.0 Å². The van der Waals surface area contributed by atoms with E-state index in [0.717, 1.165) is 40.0 Å². The summed E-state index contributed by atoms with van der Waals surface area (Å²) < 4.78 is 31.0.